The van der Waals surface area contributed by atoms with Crippen molar-refractivity contribution >= 4 is 29.5 Å². The van der Waals surface area contributed by atoms with Crippen LogP contribution in [0.4, 0.5) is 5.69 Å². The normalized spacial score (nSPS) is 19.6. The second-order valence-electron chi connectivity index (χ2n) is 4.48. The van der Waals surface area contributed by atoms with Crippen molar-refractivity contribution in [3.05, 3.63) is 28.8 Å². The van der Waals surface area contributed by atoms with Gasteiger partial charge in [0.25, 0.3) is 0 Å². The van der Waals surface area contributed by atoms with E-state index in [1.165, 1.54) is 5.01 Å². The van der Waals surface area contributed by atoms with Gasteiger partial charge in [-0.25, -0.2) is 0 Å². The predicted octanol–water partition coefficient (Wildman–Crippen LogP) is 1.33. The third-order valence-corrected chi connectivity index (χ3v) is 3.41. The van der Waals surface area contributed by atoms with E-state index in [0.717, 1.165) is 24.2 Å². The van der Waals surface area contributed by atoms with Crippen LogP contribution in [0.25, 0.3) is 0 Å². The van der Waals surface area contributed by atoms with Crippen molar-refractivity contribution in [2.75, 3.05) is 11.6 Å². The highest BCUT2D eigenvalue weighted by atomic mass is 35.5. The Kier molecular flexibility index (Phi) is 3.56. The van der Waals surface area contributed by atoms with Gasteiger partial charge in [0.15, 0.2) is 0 Å². The zero-order valence-corrected chi connectivity index (χ0v) is 11.3. The van der Waals surface area contributed by atoms with E-state index in [4.69, 9.17) is 11.6 Å². The first-order chi connectivity index (χ1) is 9.74. The molecular formula is C12H12ClN6O+. The molecule has 7 nitrogen and oxygen atoms in total. The van der Waals surface area contributed by atoms with Gasteiger partial charge in [-0.1, -0.05) is 11.6 Å². The molecule has 2 aliphatic rings. The lowest BCUT2D eigenvalue weighted by molar-refractivity contribution is -0.124. The van der Waals surface area contributed by atoms with Gasteiger partial charge in [-0.05, 0) is 25.1 Å². The minimum Gasteiger partial charge on any atom is -0.349 e. The highest BCUT2D eigenvalue weighted by molar-refractivity contribution is 6.30. The highest BCUT2D eigenvalue weighted by Crippen LogP contribution is 2.25. The average Bonchev–Trinajstić information content (AvgIpc) is 2.88. The number of carbonyl (C=O) groups excluding carboxylic acids is 1. The summed E-state index contributed by atoms with van der Waals surface area (Å²) in [5, 5.41) is 18.8. The molecule has 2 N–H and O–H groups in total. The smallest absolute Gasteiger partial charge is 0.349 e. The molecule has 0 saturated carbocycles. The average molecular weight is 292 g/mol. The van der Waals surface area contributed by atoms with Crippen LogP contribution in [0.15, 0.2) is 33.7 Å². The molecule has 0 bridgehead atoms. The van der Waals surface area contributed by atoms with Gasteiger partial charge in [0.2, 0.25) is 11.6 Å². The number of hydrogen-bond donors (Lipinski definition) is 2. The number of nitrogens with one attached hydrogen (secondary N) is 2. The van der Waals surface area contributed by atoms with E-state index in [-0.39, 0.29) is 11.9 Å². The third-order valence-electron chi connectivity index (χ3n) is 3.18. The largest absolute Gasteiger partial charge is 0.371 e. The fourth-order valence-electron chi connectivity index (χ4n) is 1.96. The van der Waals surface area contributed by atoms with Gasteiger partial charge in [-0.15, -0.1) is 0 Å². The molecule has 102 valence electrons. The second kappa shape index (κ2) is 5.50. The molecular weight excluding hydrogens is 280 g/mol. The molecule has 1 fully saturated rings. The summed E-state index contributed by atoms with van der Waals surface area (Å²) in [4.78, 5) is 11.8. The fourth-order valence-corrected chi connectivity index (χ4v) is 2.16. The molecule has 2 aliphatic heterocycles. The van der Waals surface area contributed by atoms with Crippen LogP contribution >= 0.6 is 11.6 Å². The molecule has 1 atom stereocenters. The van der Waals surface area contributed by atoms with Crippen LogP contribution in [-0.4, -0.2) is 24.8 Å². The van der Waals surface area contributed by atoms with Crippen LogP contribution in [-0.2, 0) is 11.3 Å². The van der Waals surface area contributed by atoms with Crippen LogP contribution in [0.1, 0.15) is 12.0 Å². The molecule has 0 aromatic heterocycles. The van der Waals surface area contributed by atoms with Gasteiger partial charge in [0.1, 0.15) is 0 Å². The molecule has 2 heterocycles. The van der Waals surface area contributed by atoms with E-state index in [1.54, 1.807) is 18.2 Å². The number of hydrogen-bond acceptors (Lipinski definition) is 6. The van der Waals surface area contributed by atoms with Crippen LogP contribution in [0, 0.1) is 0 Å². The maximum Gasteiger partial charge on any atom is 0.371 e. The number of anilines is 1. The number of halogens is 1. The molecule has 1 aromatic rings. The van der Waals surface area contributed by atoms with Crippen LogP contribution in [0.5, 0.6) is 0 Å². The molecule has 8 heteroatoms. The Labute approximate surface area is 120 Å². The molecule has 3 rings (SSSR count). The molecule has 0 spiro atoms. The van der Waals surface area contributed by atoms with E-state index in [9.17, 15) is 4.79 Å². The van der Waals surface area contributed by atoms with E-state index in [1.807, 2.05) is 0 Å². The topological polar surface area (TPSA) is 81.5 Å². The third kappa shape index (κ3) is 2.60. The summed E-state index contributed by atoms with van der Waals surface area (Å²) >= 11 is 6.00. The second-order valence-corrected chi connectivity index (χ2v) is 4.91. The Morgan fingerprint density at radius 1 is 1.60 bits per heavy atom. The first-order valence-electron chi connectivity index (χ1n) is 6.20. The summed E-state index contributed by atoms with van der Waals surface area (Å²) in [6.45, 7) is 1.25. The minimum absolute atomic E-state index is 0.0112. The van der Waals surface area contributed by atoms with Crippen molar-refractivity contribution in [3.63, 3.8) is 0 Å². The Hall–Kier alpha value is -2.08. The zero-order valence-electron chi connectivity index (χ0n) is 10.5. The lowest BCUT2D eigenvalue weighted by atomic mass is 10.1. The lowest BCUT2D eigenvalue weighted by Crippen LogP contribution is -2.53. The molecule has 0 radical (unpaired) electrons. The standard InChI is InChI=1S/C12H11ClN6O/c13-9-1-2-11(19-7-16-17-18-19)8(5-9)6-15-12(20)10-3-4-14-10/h1-2,5,10,14H,3-4,6H2/p+1/t10-/m0/s1. The molecule has 1 saturated heterocycles. The molecule has 0 unspecified atom stereocenters. The van der Waals surface area contributed by atoms with Crippen molar-refractivity contribution in [3.8, 4) is 0 Å². The Morgan fingerprint density at radius 3 is 3.10 bits per heavy atom. The minimum atomic E-state index is -0.0859. The quantitative estimate of drug-likeness (QED) is 0.821. The van der Waals surface area contributed by atoms with Gasteiger partial charge in [0, 0.05) is 20.5 Å². The molecule has 0 aliphatic carbocycles. The number of amides is 1. The predicted molar refractivity (Wildman–Crippen MR) is 74.5 cm³/mol. The number of rotatable bonds is 4. The summed E-state index contributed by atoms with van der Waals surface area (Å²) in [7, 11) is 0. The van der Waals surface area contributed by atoms with Crippen molar-refractivity contribution in [1.82, 2.24) is 10.6 Å². The van der Waals surface area contributed by atoms with Crippen molar-refractivity contribution in [2.24, 2.45) is 15.5 Å². The van der Waals surface area contributed by atoms with Crippen molar-refractivity contribution in [2.45, 2.75) is 19.0 Å². The van der Waals surface area contributed by atoms with Gasteiger partial charge in [-0.2, -0.15) is 0 Å². The first kappa shape index (κ1) is 12.9. The Balaban J connectivity index is 1.73. The lowest BCUT2D eigenvalue weighted by Gasteiger charge is -2.26. The Bertz CT molecular complexity index is 571. The molecule has 20 heavy (non-hydrogen) atoms. The van der Waals surface area contributed by atoms with Crippen LogP contribution in [0.3, 0.4) is 0 Å². The van der Waals surface area contributed by atoms with Crippen LogP contribution < -0.4 is 15.6 Å². The summed E-state index contributed by atoms with van der Waals surface area (Å²) in [6.07, 6.45) is 3.49. The van der Waals surface area contributed by atoms with Gasteiger partial charge in [0.05, 0.1) is 29.3 Å². The van der Waals surface area contributed by atoms with E-state index < -0.39 is 0 Å². The Morgan fingerprint density at radius 2 is 2.45 bits per heavy atom. The molecule has 1 amide bonds. The maximum absolute atomic E-state index is 11.8. The maximum atomic E-state index is 11.8. The summed E-state index contributed by atoms with van der Waals surface area (Å²) in [6, 6.07) is 5.22. The van der Waals surface area contributed by atoms with Crippen molar-refractivity contribution < 1.29 is 4.79 Å². The van der Waals surface area contributed by atoms with Crippen molar-refractivity contribution in [1.29, 1.82) is 0 Å². The van der Waals surface area contributed by atoms with Gasteiger partial charge < -0.3 is 10.6 Å². The fraction of sp³-hybridized carbons (Fsp3) is 0.333. The molecule has 1 aromatic carbocycles. The SMILES string of the molecule is O=C(NCc1cc(Cl)ccc1N1[C+]=NN=N1)[C@@H]1CCN1. The number of benzene rings is 1. The monoisotopic (exact) mass is 291 g/mol. The number of nitrogens with zero attached hydrogens (tertiary/aromatic N) is 4. The van der Waals surface area contributed by atoms with Crippen LogP contribution in [0.2, 0.25) is 5.02 Å². The van der Waals surface area contributed by atoms with E-state index in [0.29, 0.717) is 11.6 Å². The van der Waals surface area contributed by atoms with Gasteiger partial charge in [-0.3, -0.25) is 4.79 Å². The van der Waals surface area contributed by atoms with E-state index >= 15 is 0 Å². The summed E-state index contributed by atoms with van der Waals surface area (Å²) in [5.74, 6) is -0.0112. The van der Waals surface area contributed by atoms with Gasteiger partial charge >= 0.3 is 6.34 Å². The summed E-state index contributed by atoms with van der Waals surface area (Å²) in [5.41, 5.74) is 1.56. The van der Waals surface area contributed by atoms with E-state index in [2.05, 4.69) is 32.5 Å². The zero-order chi connectivity index (χ0) is 13.9. The first-order valence-corrected chi connectivity index (χ1v) is 6.58. The highest BCUT2D eigenvalue weighted by Gasteiger charge is 2.27. The number of carbonyl (C=O) groups is 1. The summed E-state index contributed by atoms with van der Waals surface area (Å²) < 4.78 is 0.